The molecule has 0 saturated heterocycles. The summed E-state index contributed by atoms with van der Waals surface area (Å²) in [6.07, 6.45) is 2.64. The number of benzene rings is 1. The lowest BCUT2D eigenvalue weighted by atomic mass is 10.2. The SMILES string of the molecule is CCNC(=NCc1cccc(OC)c1OC)N(C)CCOCC1CC1. The van der Waals surface area contributed by atoms with E-state index >= 15 is 0 Å². The highest BCUT2D eigenvalue weighted by Crippen LogP contribution is 2.31. The van der Waals surface area contributed by atoms with E-state index in [4.69, 9.17) is 19.2 Å². The van der Waals surface area contributed by atoms with Crippen LogP contribution in [0.2, 0.25) is 0 Å². The molecule has 1 aromatic carbocycles. The van der Waals surface area contributed by atoms with Crippen molar-refractivity contribution in [1.29, 1.82) is 0 Å². The average molecular weight is 349 g/mol. The minimum absolute atomic E-state index is 0.524. The topological polar surface area (TPSA) is 55.3 Å². The second kappa shape index (κ2) is 10.1. The maximum Gasteiger partial charge on any atom is 0.194 e. The van der Waals surface area contributed by atoms with Crippen LogP contribution in [0, 0.1) is 5.92 Å². The number of ether oxygens (including phenoxy) is 3. The molecule has 0 aromatic heterocycles. The lowest BCUT2D eigenvalue weighted by Crippen LogP contribution is -2.40. The first kappa shape index (κ1) is 19.4. The van der Waals surface area contributed by atoms with Crippen LogP contribution in [0.5, 0.6) is 11.5 Å². The van der Waals surface area contributed by atoms with Crippen molar-refractivity contribution >= 4 is 5.96 Å². The van der Waals surface area contributed by atoms with Crippen LogP contribution in [0.25, 0.3) is 0 Å². The minimum atomic E-state index is 0.524. The van der Waals surface area contributed by atoms with Gasteiger partial charge in [0.2, 0.25) is 0 Å². The van der Waals surface area contributed by atoms with Crippen molar-refractivity contribution in [3.8, 4) is 11.5 Å². The van der Waals surface area contributed by atoms with Gasteiger partial charge in [-0.15, -0.1) is 0 Å². The number of hydrogen-bond donors (Lipinski definition) is 1. The van der Waals surface area contributed by atoms with Gasteiger partial charge in [0, 0.05) is 32.3 Å². The maximum absolute atomic E-state index is 5.73. The fourth-order valence-electron chi connectivity index (χ4n) is 2.55. The molecule has 0 aliphatic heterocycles. The van der Waals surface area contributed by atoms with E-state index in [1.807, 2.05) is 25.2 Å². The molecule has 25 heavy (non-hydrogen) atoms. The van der Waals surface area contributed by atoms with Crippen LogP contribution < -0.4 is 14.8 Å². The van der Waals surface area contributed by atoms with E-state index in [1.165, 1.54) is 12.8 Å². The number of guanidine groups is 1. The standard InChI is InChI=1S/C19H31N3O3/c1-5-20-19(22(2)11-12-25-14-15-9-10-15)21-13-16-7-6-8-17(23-3)18(16)24-4/h6-8,15H,5,9-14H2,1-4H3,(H,20,21). The van der Waals surface area contributed by atoms with Gasteiger partial charge in [-0.2, -0.15) is 0 Å². The fourth-order valence-corrected chi connectivity index (χ4v) is 2.55. The van der Waals surface area contributed by atoms with E-state index < -0.39 is 0 Å². The summed E-state index contributed by atoms with van der Waals surface area (Å²) in [4.78, 5) is 6.83. The maximum atomic E-state index is 5.73. The molecule has 6 heteroatoms. The van der Waals surface area contributed by atoms with Gasteiger partial charge >= 0.3 is 0 Å². The predicted octanol–water partition coefficient (Wildman–Crippen LogP) is 2.53. The third-order valence-corrected chi connectivity index (χ3v) is 4.20. The Bertz CT molecular complexity index is 559. The number of nitrogens with zero attached hydrogens (tertiary/aromatic N) is 2. The summed E-state index contributed by atoms with van der Waals surface area (Å²) >= 11 is 0. The highest BCUT2D eigenvalue weighted by atomic mass is 16.5. The molecule has 1 aliphatic rings. The zero-order chi connectivity index (χ0) is 18.1. The Balaban J connectivity index is 1.95. The fraction of sp³-hybridized carbons (Fsp3) is 0.632. The molecule has 0 bridgehead atoms. The monoisotopic (exact) mass is 349 g/mol. The highest BCUT2D eigenvalue weighted by molar-refractivity contribution is 5.79. The van der Waals surface area contributed by atoms with Gasteiger partial charge in [-0.1, -0.05) is 12.1 Å². The Morgan fingerprint density at radius 3 is 2.72 bits per heavy atom. The Morgan fingerprint density at radius 1 is 1.28 bits per heavy atom. The second-order valence-electron chi connectivity index (χ2n) is 6.26. The molecule has 2 rings (SSSR count). The van der Waals surface area contributed by atoms with Gasteiger partial charge in [0.15, 0.2) is 17.5 Å². The molecule has 0 atom stereocenters. The molecule has 0 unspecified atom stereocenters. The van der Waals surface area contributed by atoms with Crippen LogP contribution in [-0.2, 0) is 11.3 Å². The summed E-state index contributed by atoms with van der Waals surface area (Å²) in [6.45, 7) is 5.84. The van der Waals surface area contributed by atoms with Crippen molar-refractivity contribution in [2.24, 2.45) is 10.9 Å². The number of rotatable bonds is 10. The molecule has 6 nitrogen and oxygen atoms in total. The summed E-state index contributed by atoms with van der Waals surface area (Å²) < 4.78 is 16.6. The van der Waals surface area contributed by atoms with Gasteiger partial charge in [-0.3, -0.25) is 0 Å². The average Bonchev–Trinajstić information content (AvgIpc) is 3.45. The number of para-hydroxylation sites is 1. The quantitative estimate of drug-likeness (QED) is 0.400. The van der Waals surface area contributed by atoms with Gasteiger partial charge in [0.1, 0.15) is 0 Å². The van der Waals surface area contributed by atoms with Crippen molar-refractivity contribution < 1.29 is 14.2 Å². The first-order valence-electron chi connectivity index (χ1n) is 8.96. The molecular formula is C19H31N3O3. The van der Waals surface area contributed by atoms with Crippen molar-refractivity contribution in [1.82, 2.24) is 10.2 Å². The first-order valence-corrected chi connectivity index (χ1v) is 8.96. The summed E-state index contributed by atoms with van der Waals surface area (Å²) in [5.74, 6) is 3.12. The molecule has 1 fully saturated rings. The lowest BCUT2D eigenvalue weighted by Gasteiger charge is -2.22. The van der Waals surface area contributed by atoms with E-state index in [-0.39, 0.29) is 0 Å². The van der Waals surface area contributed by atoms with Gasteiger partial charge < -0.3 is 24.4 Å². The molecule has 1 aromatic rings. The molecule has 1 aliphatic carbocycles. The van der Waals surface area contributed by atoms with Crippen LogP contribution in [-0.4, -0.2) is 58.4 Å². The molecule has 1 N–H and O–H groups in total. The molecular weight excluding hydrogens is 318 g/mol. The zero-order valence-corrected chi connectivity index (χ0v) is 15.9. The molecule has 140 valence electrons. The Kier molecular flexibility index (Phi) is 7.85. The van der Waals surface area contributed by atoms with Crippen LogP contribution in [0.1, 0.15) is 25.3 Å². The third-order valence-electron chi connectivity index (χ3n) is 4.20. The van der Waals surface area contributed by atoms with Crippen molar-refractivity contribution in [2.75, 3.05) is 47.6 Å². The summed E-state index contributed by atoms with van der Waals surface area (Å²) in [5, 5.41) is 3.33. The van der Waals surface area contributed by atoms with Crippen LogP contribution in [0.4, 0.5) is 0 Å². The zero-order valence-electron chi connectivity index (χ0n) is 15.9. The van der Waals surface area contributed by atoms with Crippen LogP contribution in [0.3, 0.4) is 0 Å². The van der Waals surface area contributed by atoms with Gasteiger partial charge in [0.25, 0.3) is 0 Å². The van der Waals surface area contributed by atoms with E-state index in [0.29, 0.717) is 6.54 Å². The van der Waals surface area contributed by atoms with E-state index in [1.54, 1.807) is 14.2 Å². The number of methoxy groups -OCH3 is 2. The second-order valence-corrected chi connectivity index (χ2v) is 6.26. The number of aliphatic imine (C=N–C) groups is 1. The van der Waals surface area contributed by atoms with Crippen molar-refractivity contribution in [3.63, 3.8) is 0 Å². The lowest BCUT2D eigenvalue weighted by molar-refractivity contribution is 0.115. The summed E-state index contributed by atoms with van der Waals surface area (Å²) in [7, 11) is 5.33. The van der Waals surface area contributed by atoms with Gasteiger partial charge in [0.05, 0.1) is 27.4 Å². The summed E-state index contributed by atoms with van der Waals surface area (Å²) in [5.41, 5.74) is 0.996. The Labute approximate surface area is 151 Å². The molecule has 0 spiro atoms. The van der Waals surface area contributed by atoms with Gasteiger partial charge in [-0.25, -0.2) is 4.99 Å². The van der Waals surface area contributed by atoms with Crippen molar-refractivity contribution in [2.45, 2.75) is 26.3 Å². The molecule has 0 amide bonds. The molecule has 0 heterocycles. The smallest absolute Gasteiger partial charge is 0.194 e. The third kappa shape index (κ3) is 6.12. The Morgan fingerprint density at radius 2 is 2.08 bits per heavy atom. The number of hydrogen-bond acceptors (Lipinski definition) is 4. The normalized spacial score (nSPS) is 14.3. The van der Waals surface area contributed by atoms with E-state index in [0.717, 1.165) is 55.2 Å². The van der Waals surface area contributed by atoms with Crippen molar-refractivity contribution in [3.05, 3.63) is 23.8 Å². The highest BCUT2D eigenvalue weighted by Gasteiger charge is 2.21. The Hall–Kier alpha value is -1.95. The van der Waals surface area contributed by atoms with Crippen LogP contribution in [0.15, 0.2) is 23.2 Å². The summed E-state index contributed by atoms with van der Waals surface area (Å²) in [6, 6.07) is 5.85. The number of nitrogens with one attached hydrogen (secondary N) is 1. The minimum Gasteiger partial charge on any atom is -0.493 e. The van der Waals surface area contributed by atoms with Crippen LogP contribution >= 0.6 is 0 Å². The van der Waals surface area contributed by atoms with E-state index in [2.05, 4.69) is 17.1 Å². The number of likely N-dealkylation sites (N-methyl/N-ethyl adjacent to an activating group) is 1. The largest absolute Gasteiger partial charge is 0.493 e. The predicted molar refractivity (Wildman–Crippen MR) is 101 cm³/mol. The van der Waals surface area contributed by atoms with E-state index in [9.17, 15) is 0 Å². The first-order chi connectivity index (χ1) is 12.2. The molecule has 1 saturated carbocycles. The van der Waals surface area contributed by atoms with Gasteiger partial charge in [-0.05, 0) is 31.7 Å². The molecule has 0 radical (unpaired) electrons.